The van der Waals surface area contributed by atoms with Crippen LogP contribution in [0, 0.1) is 0 Å². The van der Waals surface area contributed by atoms with Gasteiger partial charge in [0.2, 0.25) is 5.91 Å². The van der Waals surface area contributed by atoms with E-state index in [2.05, 4.69) is 16.0 Å². The van der Waals surface area contributed by atoms with Crippen molar-refractivity contribution in [3.05, 3.63) is 24.3 Å². The molecule has 0 heterocycles. The van der Waals surface area contributed by atoms with Crippen molar-refractivity contribution in [2.24, 2.45) is 0 Å². The van der Waals surface area contributed by atoms with Crippen molar-refractivity contribution >= 4 is 23.5 Å². The van der Waals surface area contributed by atoms with E-state index in [0.717, 1.165) is 25.7 Å². The molecule has 0 aliphatic heterocycles. The standard InChI is InChI=1S/C17H23N3O4/c1-12(21)18-14-9-5-6-10-15(14)24-11-16(22)20-17(23)19-13-7-3-2-4-8-13/h5-6,9-10,13H,2-4,7-8,11H2,1H3,(H,18,21)(H2,19,20,22,23). The number of rotatable bonds is 5. The quantitative estimate of drug-likeness (QED) is 0.769. The van der Waals surface area contributed by atoms with Gasteiger partial charge in [-0.25, -0.2) is 4.79 Å². The van der Waals surface area contributed by atoms with Crippen LogP contribution in [0.3, 0.4) is 0 Å². The van der Waals surface area contributed by atoms with E-state index in [9.17, 15) is 14.4 Å². The van der Waals surface area contributed by atoms with Crippen LogP contribution in [-0.4, -0.2) is 30.5 Å². The highest BCUT2D eigenvalue weighted by molar-refractivity contribution is 5.95. The van der Waals surface area contributed by atoms with Crippen LogP contribution in [0.5, 0.6) is 5.75 Å². The summed E-state index contributed by atoms with van der Waals surface area (Å²) in [6.45, 7) is 1.08. The number of hydrogen-bond donors (Lipinski definition) is 3. The van der Waals surface area contributed by atoms with Crippen molar-refractivity contribution in [1.82, 2.24) is 10.6 Å². The van der Waals surface area contributed by atoms with Crippen LogP contribution >= 0.6 is 0 Å². The van der Waals surface area contributed by atoms with E-state index in [-0.39, 0.29) is 18.6 Å². The maximum absolute atomic E-state index is 11.8. The average molecular weight is 333 g/mol. The summed E-state index contributed by atoms with van der Waals surface area (Å²) in [5.41, 5.74) is 0.476. The van der Waals surface area contributed by atoms with Crippen LogP contribution in [0.25, 0.3) is 0 Å². The molecule has 2 rings (SSSR count). The first-order chi connectivity index (χ1) is 11.5. The molecule has 0 radical (unpaired) electrons. The van der Waals surface area contributed by atoms with E-state index in [0.29, 0.717) is 11.4 Å². The van der Waals surface area contributed by atoms with E-state index in [1.807, 2.05) is 0 Å². The van der Waals surface area contributed by atoms with Crippen molar-refractivity contribution in [3.8, 4) is 5.75 Å². The van der Waals surface area contributed by atoms with E-state index in [1.165, 1.54) is 13.3 Å². The molecular formula is C17H23N3O4. The van der Waals surface area contributed by atoms with Crippen LogP contribution < -0.4 is 20.7 Å². The van der Waals surface area contributed by atoms with Crippen molar-refractivity contribution < 1.29 is 19.1 Å². The lowest BCUT2D eigenvalue weighted by Gasteiger charge is -2.22. The summed E-state index contributed by atoms with van der Waals surface area (Å²) in [6, 6.07) is 6.42. The van der Waals surface area contributed by atoms with Gasteiger partial charge >= 0.3 is 6.03 Å². The number of imide groups is 1. The van der Waals surface area contributed by atoms with E-state index in [1.54, 1.807) is 24.3 Å². The fraction of sp³-hybridized carbons (Fsp3) is 0.471. The Kier molecular flexibility index (Phi) is 6.60. The number of ether oxygens (including phenoxy) is 1. The summed E-state index contributed by atoms with van der Waals surface area (Å²) < 4.78 is 5.38. The minimum atomic E-state index is -0.541. The Morgan fingerprint density at radius 1 is 1.12 bits per heavy atom. The number of urea groups is 1. The van der Waals surface area contributed by atoms with E-state index >= 15 is 0 Å². The Morgan fingerprint density at radius 2 is 1.83 bits per heavy atom. The highest BCUT2D eigenvalue weighted by Crippen LogP contribution is 2.23. The van der Waals surface area contributed by atoms with E-state index < -0.39 is 11.9 Å². The smallest absolute Gasteiger partial charge is 0.321 e. The molecule has 0 unspecified atom stereocenters. The van der Waals surface area contributed by atoms with Gasteiger partial charge in [-0.15, -0.1) is 0 Å². The van der Waals surface area contributed by atoms with Crippen molar-refractivity contribution in [1.29, 1.82) is 0 Å². The number of hydrogen-bond acceptors (Lipinski definition) is 4. The van der Waals surface area contributed by atoms with Crippen LogP contribution in [0.4, 0.5) is 10.5 Å². The average Bonchev–Trinajstić information content (AvgIpc) is 2.54. The predicted molar refractivity (Wildman–Crippen MR) is 89.8 cm³/mol. The molecule has 24 heavy (non-hydrogen) atoms. The molecule has 0 saturated heterocycles. The highest BCUT2D eigenvalue weighted by atomic mass is 16.5. The Balaban J connectivity index is 1.78. The number of anilines is 1. The number of carbonyl (C=O) groups is 3. The first kappa shape index (κ1) is 17.8. The van der Waals surface area contributed by atoms with Gasteiger partial charge in [0.25, 0.3) is 5.91 Å². The molecule has 7 nitrogen and oxygen atoms in total. The summed E-state index contributed by atoms with van der Waals surface area (Å²) in [7, 11) is 0. The molecule has 0 atom stereocenters. The number of para-hydroxylation sites is 2. The highest BCUT2D eigenvalue weighted by Gasteiger charge is 2.17. The third kappa shape index (κ3) is 5.91. The third-order valence-electron chi connectivity index (χ3n) is 3.75. The monoisotopic (exact) mass is 333 g/mol. The fourth-order valence-electron chi connectivity index (χ4n) is 2.66. The van der Waals surface area contributed by atoms with Crippen molar-refractivity contribution in [2.45, 2.75) is 45.1 Å². The predicted octanol–water partition coefficient (Wildman–Crippen LogP) is 2.18. The zero-order chi connectivity index (χ0) is 17.4. The molecule has 1 aliphatic carbocycles. The first-order valence-corrected chi connectivity index (χ1v) is 8.14. The summed E-state index contributed by atoms with van der Waals surface area (Å²) in [5.74, 6) is -0.404. The summed E-state index contributed by atoms with van der Waals surface area (Å²) in [5, 5.41) is 7.68. The summed E-state index contributed by atoms with van der Waals surface area (Å²) in [4.78, 5) is 34.7. The molecule has 1 saturated carbocycles. The van der Waals surface area contributed by atoms with Gasteiger partial charge in [-0.3, -0.25) is 14.9 Å². The fourth-order valence-corrected chi connectivity index (χ4v) is 2.66. The lowest BCUT2D eigenvalue weighted by Crippen LogP contribution is -2.46. The molecule has 1 aromatic rings. The van der Waals surface area contributed by atoms with Gasteiger partial charge in [-0.1, -0.05) is 31.4 Å². The number of nitrogens with one attached hydrogen (secondary N) is 3. The Bertz CT molecular complexity index is 597. The Labute approximate surface area is 141 Å². The van der Waals surface area contributed by atoms with Crippen molar-refractivity contribution in [2.75, 3.05) is 11.9 Å². The molecule has 1 fully saturated rings. The van der Waals surface area contributed by atoms with Gasteiger partial charge < -0.3 is 15.4 Å². The van der Waals surface area contributed by atoms with Gasteiger partial charge in [0, 0.05) is 13.0 Å². The molecule has 4 amide bonds. The molecule has 1 aliphatic rings. The second-order valence-electron chi connectivity index (χ2n) is 5.82. The molecule has 0 aromatic heterocycles. The summed E-state index contributed by atoms with van der Waals surface area (Å²) >= 11 is 0. The van der Waals surface area contributed by atoms with Crippen LogP contribution in [0.1, 0.15) is 39.0 Å². The molecule has 3 N–H and O–H groups in total. The maximum Gasteiger partial charge on any atom is 0.321 e. The molecule has 0 spiro atoms. The zero-order valence-electron chi connectivity index (χ0n) is 13.8. The number of benzene rings is 1. The van der Waals surface area contributed by atoms with Gasteiger partial charge in [-0.05, 0) is 25.0 Å². The lowest BCUT2D eigenvalue weighted by molar-refractivity contribution is -0.122. The van der Waals surface area contributed by atoms with Gasteiger partial charge in [0.1, 0.15) is 5.75 Å². The minimum absolute atomic E-state index is 0.132. The normalized spacial score (nSPS) is 14.5. The Hall–Kier alpha value is -2.57. The van der Waals surface area contributed by atoms with Crippen molar-refractivity contribution in [3.63, 3.8) is 0 Å². The van der Waals surface area contributed by atoms with Gasteiger partial charge in [-0.2, -0.15) is 0 Å². The Morgan fingerprint density at radius 3 is 2.54 bits per heavy atom. The zero-order valence-corrected chi connectivity index (χ0v) is 13.8. The van der Waals surface area contributed by atoms with Gasteiger partial charge in [0.05, 0.1) is 5.69 Å². The largest absolute Gasteiger partial charge is 0.482 e. The molecule has 130 valence electrons. The molecule has 1 aromatic carbocycles. The minimum Gasteiger partial charge on any atom is -0.482 e. The maximum atomic E-state index is 11.8. The lowest BCUT2D eigenvalue weighted by atomic mass is 9.96. The first-order valence-electron chi connectivity index (χ1n) is 8.14. The number of carbonyl (C=O) groups excluding carboxylic acids is 3. The van der Waals surface area contributed by atoms with Crippen LogP contribution in [-0.2, 0) is 9.59 Å². The number of amides is 4. The SMILES string of the molecule is CC(=O)Nc1ccccc1OCC(=O)NC(=O)NC1CCCCC1. The molecular weight excluding hydrogens is 310 g/mol. The van der Waals surface area contributed by atoms with Crippen LogP contribution in [0.15, 0.2) is 24.3 Å². The molecule has 7 heteroatoms. The topological polar surface area (TPSA) is 96.5 Å². The summed E-state index contributed by atoms with van der Waals surface area (Å²) in [6.07, 6.45) is 5.29. The molecule has 0 bridgehead atoms. The van der Waals surface area contributed by atoms with Crippen LogP contribution in [0.2, 0.25) is 0 Å². The van der Waals surface area contributed by atoms with Gasteiger partial charge in [0.15, 0.2) is 6.61 Å². The second kappa shape index (κ2) is 8.90. The second-order valence-corrected chi connectivity index (χ2v) is 5.82. The third-order valence-corrected chi connectivity index (χ3v) is 3.75. The van der Waals surface area contributed by atoms with E-state index in [4.69, 9.17) is 4.74 Å².